The number of aromatic amines is 1. The van der Waals surface area contributed by atoms with E-state index in [-0.39, 0.29) is 11.8 Å². The van der Waals surface area contributed by atoms with Crippen LogP contribution in [0.3, 0.4) is 0 Å². The average Bonchev–Trinajstić information content (AvgIpc) is 3.17. The van der Waals surface area contributed by atoms with Crippen molar-refractivity contribution in [2.45, 2.75) is 57.4 Å². The molecule has 1 aliphatic rings. The van der Waals surface area contributed by atoms with Gasteiger partial charge in [0.2, 0.25) is 11.8 Å². The fourth-order valence-electron chi connectivity index (χ4n) is 3.84. The molecule has 0 bridgehead atoms. The smallest absolute Gasteiger partial charge is 0.245 e. The SMILES string of the molecule is CCNC(=O)C1(NC(=O)CCc2ccc(-c3ccccc3)[nH]2)CCCCC1. The number of aromatic nitrogens is 1. The molecular formula is C22H29N3O2. The molecule has 0 atom stereocenters. The number of carbonyl (C=O) groups excluding carboxylic acids is 2. The van der Waals surface area contributed by atoms with Crippen LogP contribution in [0, 0.1) is 0 Å². The second kappa shape index (κ2) is 8.89. The third-order valence-electron chi connectivity index (χ3n) is 5.31. The Hall–Kier alpha value is -2.56. The molecule has 5 nitrogen and oxygen atoms in total. The summed E-state index contributed by atoms with van der Waals surface area (Å²) in [6.07, 6.45) is 5.54. The van der Waals surface area contributed by atoms with Crippen LogP contribution in [-0.2, 0) is 16.0 Å². The van der Waals surface area contributed by atoms with Gasteiger partial charge in [0.15, 0.2) is 0 Å². The average molecular weight is 367 g/mol. The zero-order chi connectivity index (χ0) is 19.1. The van der Waals surface area contributed by atoms with Crippen LogP contribution in [0.25, 0.3) is 11.3 Å². The molecule has 1 aromatic carbocycles. The van der Waals surface area contributed by atoms with E-state index >= 15 is 0 Å². The summed E-state index contributed by atoms with van der Waals surface area (Å²) in [7, 11) is 0. The Morgan fingerprint density at radius 2 is 1.78 bits per heavy atom. The third kappa shape index (κ3) is 4.79. The fourth-order valence-corrected chi connectivity index (χ4v) is 3.84. The van der Waals surface area contributed by atoms with E-state index in [2.05, 4.69) is 27.8 Å². The van der Waals surface area contributed by atoms with Crippen LogP contribution in [0.5, 0.6) is 0 Å². The maximum absolute atomic E-state index is 12.6. The van der Waals surface area contributed by atoms with Crippen molar-refractivity contribution in [1.29, 1.82) is 0 Å². The van der Waals surface area contributed by atoms with Crippen molar-refractivity contribution in [1.82, 2.24) is 15.6 Å². The summed E-state index contributed by atoms with van der Waals surface area (Å²) >= 11 is 0. The van der Waals surface area contributed by atoms with Crippen LogP contribution in [0.15, 0.2) is 42.5 Å². The Labute approximate surface area is 160 Å². The molecular weight excluding hydrogens is 338 g/mol. The van der Waals surface area contributed by atoms with Crippen molar-refractivity contribution in [2.24, 2.45) is 0 Å². The van der Waals surface area contributed by atoms with Gasteiger partial charge in [-0.05, 0) is 43.9 Å². The van der Waals surface area contributed by atoms with E-state index in [0.29, 0.717) is 19.4 Å². The van der Waals surface area contributed by atoms with Gasteiger partial charge < -0.3 is 15.6 Å². The lowest BCUT2D eigenvalue weighted by molar-refractivity contribution is -0.135. The highest BCUT2D eigenvalue weighted by Gasteiger charge is 2.40. The van der Waals surface area contributed by atoms with Crippen molar-refractivity contribution in [3.8, 4) is 11.3 Å². The highest BCUT2D eigenvalue weighted by molar-refractivity contribution is 5.91. The fraction of sp³-hybridized carbons (Fsp3) is 0.455. The standard InChI is InChI=1S/C22H29N3O2/c1-2-23-21(27)22(15-7-4-8-16-22)25-20(26)14-12-18-11-13-19(24-18)17-9-5-3-6-10-17/h3,5-6,9-11,13,24H,2,4,7-8,12,14-16H2,1H3,(H,23,27)(H,25,26). The van der Waals surface area contributed by atoms with Crippen molar-refractivity contribution in [3.63, 3.8) is 0 Å². The van der Waals surface area contributed by atoms with Crippen LogP contribution >= 0.6 is 0 Å². The predicted molar refractivity (Wildman–Crippen MR) is 107 cm³/mol. The van der Waals surface area contributed by atoms with E-state index in [4.69, 9.17) is 0 Å². The first kappa shape index (κ1) is 19.2. The zero-order valence-electron chi connectivity index (χ0n) is 16.0. The number of benzene rings is 1. The van der Waals surface area contributed by atoms with Crippen LogP contribution in [0.4, 0.5) is 0 Å². The van der Waals surface area contributed by atoms with Gasteiger partial charge in [-0.25, -0.2) is 0 Å². The highest BCUT2D eigenvalue weighted by atomic mass is 16.2. The topological polar surface area (TPSA) is 74.0 Å². The molecule has 0 spiro atoms. The minimum atomic E-state index is -0.726. The number of carbonyl (C=O) groups is 2. The van der Waals surface area contributed by atoms with E-state index in [9.17, 15) is 9.59 Å². The Balaban J connectivity index is 1.58. The van der Waals surface area contributed by atoms with Gasteiger partial charge in [0.05, 0.1) is 0 Å². The number of rotatable bonds is 7. The first-order valence-corrected chi connectivity index (χ1v) is 9.95. The second-order valence-electron chi connectivity index (χ2n) is 7.31. The lowest BCUT2D eigenvalue weighted by Gasteiger charge is -2.36. The summed E-state index contributed by atoms with van der Waals surface area (Å²) < 4.78 is 0. The Kier molecular flexibility index (Phi) is 6.32. The van der Waals surface area contributed by atoms with Gasteiger partial charge in [0.25, 0.3) is 0 Å². The number of amides is 2. The Bertz CT molecular complexity index is 761. The minimum Gasteiger partial charge on any atom is -0.358 e. The lowest BCUT2D eigenvalue weighted by atomic mass is 9.80. The quantitative estimate of drug-likeness (QED) is 0.700. The molecule has 3 N–H and O–H groups in total. The predicted octanol–water partition coefficient (Wildman–Crippen LogP) is 3.57. The molecule has 5 heteroatoms. The highest BCUT2D eigenvalue weighted by Crippen LogP contribution is 2.28. The van der Waals surface area contributed by atoms with Crippen LogP contribution < -0.4 is 10.6 Å². The van der Waals surface area contributed by atoms with Crippen LogP contribution in [0.1, 0.15) is 51.1 Å². The first-order valence-electron chi connectivity index (χ1n) is 9.95. The molecule has 2 aromatic rings. The summed E-state index contributed by atoms with van der Waals surface area (Å²) in [5.74, 6) is -0.0942. The maximum atomic E-state index is 12.6. The normalized spacial score (nSPS) is 15.9. The number of hydrogen-bond donors (Lipinski definition) is 3. The van der Waals surface area contributed by atoms with Crippen molar-refractivity contribution in [3.05, 3.63) is 48.2 Å². The van der Waals surface area contributed by atoms with Crippen LogP contribution in [-0.4, -0.2) is 28.9 Å². The first-order chi connectivity index (χ1) is 13.1. The molecule has 1 aliphatic carbocycles. The van der Waals surface area contributed by atoms with Gasteiger partial charge >= 0.3 is 0 Å². The maximum Gasteiger partial charge on any atom is 0.245 e. The molecule has 0 saturated heterocycles. The summed E-state index contributed by atoms with van der Waals surface area (Å²) in [6, 6.07) is 14.2. The number of aryl methyl sites for hydroxylation is 1. The molecule has 0 radical (unpaired) electrons. The summed E-state index contributed by atoms with van der Waals surface area (Å²) in [6.45, 7) is 2.49. The van der Waals surface area contributed by atoms with Crippen molar-refractivity contribution in [2.75, 3.05) is 6.54 Å². The number of likely N-dealkylation sites (N-methyl/N-ethyl adjacent to an activating group) is 1. The number of nitrogens with one attached hydrogen (secondary N) is 3. The monoisotopic (exact) mass is 367 g/mol. The third-order valence-corrected chi connectivity index (χ3v) is 5.31. The summed E-state index contributed by atoms with van der Waals surface area (Å²) in [5, 5.41) is 5.96. The van der Waals surface area contributed by atoms with Crippen LogP contribution in [0.2, 0.25) is 0 Å². The molecule has 0 aliphatic heterocycles. The van der Waals surface area contributed by atoms with Gasteiger partial charge in [-0.3, -0.25) is 9.59 Å². The molecule has 1 saturated carbocycles. The van der Waals surface area contributed by atoms with Crippen molar-refractivity contribution < 1.29 is 9.59 Å². The zero-order valence-corrected chi connectivity index (χ0v) is 16.0. The molecule has 1 fully saturated rings. The van der Waals surface area contributed by atoms with Gasteiger partial charge in [0, 0.05) is 24.4 Å². The van der Waals surface area contributed by atoms with E-state index < -0.39 is 5.54 Å². The molecule has 27 heavy (non-hydrogen) atoms. The van der Waals surface area contributed by atoms with Crippen molar-refractivity contribution >= 4 is 11.8 Å². The van der Waals surface area contributed by atoms with E-state index in [1.807, 2.05) is 37.3 Å². The largest absolute Gasteiger partial charge is 0.358 e. The van der Waals surface area contributed by atoms with Gasteiger partial charge in [-0.15, -0.1) is 0 Å². The molecule has 3 rings (SSSR count). The number of hydrogen-bond acceptors (Lipinski definition) is 2. The molecule has 2 amide bonds. The second-order valence-corrected chi connectivity index (χ2v) is 7.31. The molecule has 1 aromatic heterocycles. The molecule has 0 unspecified atom stereocenters. The molecule has 1 heterocycles. The summed E-state index contributed by atoms with van der Waals surface area (Å²) in [5.41, 5.74) is 2.48. The van der Waals surface area contributed by atoms with E-state index in [0.717, 1.165) is 49.1 Å². The summed E-state index contributed by atoms with van der Waals surface area (Å²) in [4.78, 5) is 28.5. The Morgan fingerprint density at radius 1 is 1.04 bits per heavy atom. The molecule has 144 valence electrons. The van der Waals surface area contributed by atoms with E-state index in [1.54, 1.807) is 0 Å². The van der Waals surface area contributed by atoms with Gasteiger partial charge in [-0.2, -0.15) is 0 Å². The van der Waals surface area contributed by atoms with E-state index in [1.165, 1.54) is 0 Å². The van der Waals surface area contributed by atoms with Gasteiger partial charge in [0.1, 0.15) is 5.54 Å². The Morgan fingerprint density at radius 3 is 2.48 bits per heavy atom. The van der Waals surface area contributed by atoms with Gasteiger partial charge in [-0.1, -0.05) is 49.6 Å². The minimum absolute atomic E-state index is 0.0377. The number of H-pyrrole nitrogens is 1. The lowest BCUT2D eigenvalue weighted by Crippen LogP contribution is -2.59.